The van der Waals surface area contributed by atoms with Gasteiger partial charge in [0.1, 0.15) is 18.2 Å². The van der Waals surface area contributed by atoms with Crippen molar-refractivity contribution in [1.82, 2.24) is 10.6 Å². The highest BCUT2D eigenvalue weighted by atomic mass is 16.5. The molecule has 0 heterocycles. The fraction of sp³-hybridized carbons (Fsp3) is 0.348. The lowest BCUT2D eigenvalue weighted by atomic mass is 9.98. The first-order valence-corrected chi connectivity index (χ1v) is 10.0. The number of aliphatic hydroxyl groups excluding tert-OH is 1. The number of aliphatic hydroxyl groups is 1. The average molecular weight is 426 g/mol. The summed E-state index contributed by atoms with van der Waals surface area (Å²) in [6.45, 7) is 2.60. The summed E-state index contributed by atoms with van der Waals surface area (Å²) >= 11 is 0. The maximum absolute atomic E-state index is 12.5. The highest BCUT2D eigenvalue weighted by molar-refractivity contribution is 5.92. The molecular formula is C23H26N2O6. The molecule has 0 spiro atoms. The third-order valence-corrected chi connectivity index (χ3v) is 5.35. The maximum Gasteiger partial charge on any atom is 0.408 e. The minimum Gasteiger partial charge on any atom is -0.480 e. The van der Waals surface area contributed by atoms with Gasteiger partial charge >= 0.3 is 12.1 Å². The van der Waals surface area contributed by atoms with E-state index in [4.69, 9.17) is 14.9 Å². The summed E-state index contributed by atoms with van der Waals surface area (Å²) in [4.78, 5) is 36.1. The van der Waals surface area contributed by atoms with Crippen LogP contribution in [0, 0.1) is 0 Å². The van der Waals surface area contributed by atoms with Crippen LogP contribution in [0.4, 0.5) is 4.79 Å². The van der Waals surface area contributed by atoms with Crippen molar-refractivity contribution in [2.24, 2.45) is 0 Å². The monoisotopic (exact) mass is 426 g/mol. The summed E-state index contributed by atoms with van der Waals surface area (Å²) < 4.78 is 5.44. The van der Waals surface area contributed by atoms with Crippen LogP contribution < -0.4 is 10.6 Å². The lowest BCUT2D eigenvalue weighted by molar-refractivity contribution is -0.143. The average Bonchev–Trinajstić information content (AvgIpc) is 3.05. The summed E-state index contributed by atoms with van der Waals surface area (Å²) in [5.74, 6) is -2.07. The summed E-state index contributed by atoms with van der Waals surface area (Å²) in [6.07, 6.45) is -0.918. The van der Waals surface area contributed by atoms with Gasteiger partial charge in [-0.1, -0.05) is 48.5 Å². The fourth-order valence-electron chi connectivity index (χ4n) is 3.67. The van der Waals surface area contributed by atoms with E-state index >= 15 is 0 Å². The number of rotatable bonds is 8. The van der Waals surface area contributed by atoms with Crippen molar-refractivity contribution in [3.05, 3.63) is 59.7 Å². The molecule has 0 saturated carbocycles. The molecule has 0 bridgehead atoms. The van der Waals surface area contributed by atoms with Crippen LogP contribution in [0.15, 0.2) is 48.5 Å². The molecular weight excluding hydrogens is 400 g/mol. The van der Waals surface area contributed by atoms with Crippen LogP contribution in [0.25, 0.3) is 11.1 Å². The van der Waals surface area contributed by atoms with Crippen LogP contribution in [0.1, 0.15) is 37.3 Å². The van der Waals surface area contributed by atoms with E-state index in [1.165, 1.54) is 13.8 Å². The number of ether oxygens (including phenoxy) is 1. The van der Waals surface area contributed by atoms with Crippen LogP contribution in [-0.4, -0.2) is 53.0 Å². The molecule has 3 rings (SSSR count). The van der Waals surface area contributed by atoms with E-state index in [1.54, 1.807) is 0 Å². The lowest BCUT2D eigenvalue weighted by Crippen LogP contribution is -2.58. The van der Waals surface area contributed by atoms with Crippen molar-refractivity contribution in [3.8, 4) is 11.1 Å². The van der Waals surface area contributed by atoms with Gasteiger partial charge in [0.05, 0.1) is 0 Å². The fourth-order valence-corrected chi connectivity index (χ4v) is 3.67. The minimum absolute atomic E-state index is 0.0970. The Balaban J connectivity index is 1.63. The van der Waals surface area contributed by atoms with Gasteiger partial charge < -0.3 is 25.6 Å². The number of carboxylic acid groups (broad SMARTS) is 1. The largest absolute Gasteiger partial charge is 0.480 e. The quantitative estimate of drug-likeness (QED) is 0.513. The molecule has 1 aliphatic carbocycles. The van der Waals surface area contributed by atoms with Crippen LogP contribution in [0.5, 0.6) is 0 Å². The number of carbonyl (C=O) groups is 3. The number of nitrogens with one attached hydrogen (secondary N) is 2. The minimum atomic E-state index is -1.41. The predicted molar refractivity (Wildman–Crippen MR) is 114 cm³/mol. The second kappa shape index (κ2) is 9.18. The first kappa shape index (κ1) is 22.3. The Morgan fingerprint density at radius 1 is 1.03 bits per heavy atom. The number of alkyl carbamates (subject to hydrolysis) is 1. The van der Waals surface area contributed by atoms with Crippen molar-refractivity contribution in [2.45, 2.75) is 37.8 Å². The molecule has 0 unspecified atom stereocenters. The van der Waals surface area contributed by atoms with Gasteiger partial charge in [-0.15, -0.1) is 0 Å². The Bertz CT molecular complexity index is 942. The van der Waals surface area contributed by atoms with Crippen molar-refractivity contribution in [1.29, 1.82) is 0 Å². The Kier molecular flexibility index (Phi) is 6.60. The molecule has 0 aliphatic heterocycles. The van der Waals surface area contributed by atoms with Crippen LogP contribution >= 0.6 is 0 Å². The van der Waals surface area contributed by atoms with Gasteiger partial charge in [-0.05, 0) is 36.1 Å². The number of benzene rings is 2. The summed E-state index contributed by atoms with van der Waals surface area (Å²) in [6, 6.07) is 14.6. The van der Waals surface area contributed by atoms with Crippen molar-refractivity contribution < 1.29 is 29.3 Å². The summed E-state index contributed by atoms with van der Waals surface area (Å²) in [5, 5.41) is 22.9. The van der Waals surface area contributed by atoms with Gasteiger partial charge in [0, 0.05) is 18.9 Å². The molecule has 8 heteroatoms. The number of hydrogen-bond acceptors (Lipinski definition) is 5. The van der Waals surface area contributed by atoms with E-state index in [0.29, 0.717) is 0 Å². The van der Waals surface area contributed by atoms with Gasteiger partial charge in [-0.3, -0.25) is 4.79 Å². The number of fused-ring (bicyclic) bond motifs is 3. The van der Waals surface area contributed by atoms with Crippen molar-refractivity contribution in [3.63, 3.8) is 0 Å². The Hall–Kier alpha value is -3.39. The molecule has 1 aliphatic rings. The number of carboxylic acids is 1. The Morgan fingerprint density at radius 2 is 1.58 bits per heavy atom. The molecule has 0 fully saturated rings. The molecule has 164 valence electrons. The van der Waals surface area contributed by atoms with Crippen molar-refractivity contribution >= 4 is 18.0 Å². The first-order valence-electron chi connectivity index (χ1n) is 10.0. The second-order valence-electron chi connectivity index (χ2n) is 7.95. The molecule has 0 saturated heterocycles. The van der Waals surface area contributed by atoms with E-state index in [1.807, 2.05) is 48.5 Å². The zero-order chi connectivity index (χ0) is 22.6. The van der Waals surface area contributed by atoms with Gasteiger partial charge in [-0.2, -0.15) is 0 Å². The van der Waals surface area contributed by atoms with E-state index in [9.17, 15) is 14.4 Å². The number of hydrogen-bond donors (Lipinski definition) is 4. The molecule has 2 aromatic carbocycles. The van der Waals surface area contributed by atoms with E-state index in [-0.39, 0.29) is 18.9 Å². The zero-order valence-corrected chi connectivity index (χ0v) is 17.4. The number of carbonyl (C=O) groups excluding carboxylic acids is 2. The Labute approximate surface area is 180 Å². The van der Waals surface area contributed by atoms with E-state index in [2.05, 4.69) is 10.6 Å². The zero-order valence-electron chi connectivity index (χ0n) is 17.4. The highest BCUT2D eigenvalue weighted by Crippen LogP contribution is 2.44. The second-order valence-corrected chi connectivity index (χ2v) is 7.95. The normalized spacial score (nSPS) is 13.6. The summed E-state index contributed by atoms with van der Waals surface area (Å²) in [7, 11) is 0. The van der Waals surface area contributed by atoms with Crippen LogP contribution in [-0.2, 0) is 14.3 Å². The maximum atomic E-state index is 12.5. The standard InChI is InChI=1S/C23H26N2O6/c1-23(2,21(29)24-19(11-12-26)20(27)28)25-22(30)31-13-18-16-9-5-3-7-14(16)15-8-4-6-10-17(15)18/h3-10,18-19,26H,11-13H2,1-2H3,(H,24,29)(H,25,30)(H,27,28)/t19-/m1/s1. The third kappa shape index (κ3) is 4.86. The van der Waals surface area contributed by atoms with Gasteiger partial charge in [0.15, 0.2) is 0 Å². The predicted octanol–water partition coefficient (Wildman–Crippen LogP) is 2.26. The molecule has 31 heavy (non-hydrogen) atoms. The summed E-state index contributed by atoms with van der Waals surface area (Å²) in [5.41, 5.74) is 2.94. The van der Waals surface area contributed by atoms with E-state index < -0.39 is 36.2 Å². The topological polar surface area (TPSA) is 125 Å². The van der Waals surface area contributed by atoms with Gasteiger partial charge in [0.25, 0.3) is 0 Å². The molecule has 2 amide bonds. The first-order chi connectivity index (χ1) is 14.7. The molecule has 0 aromatic heterocycles. The molecule has 1 atom stereocenters. The van der Waals surface area contributed by atoms with Crippen LogP contribution in [0.2, 0.25) is 0 Å². The number of amides is 2. The highest BCUT2D eigenvalue weighted by Gasteiger charge is 2.34. The van der Waals surface area contributed by atoms with Gasteiger partial charge in [0.2, 0.25) is 5.91 Å². The van der Waals surface area contributed by atoms with Gasteiger partial charge in [-0.25, -0.2) is 9.59 Å². The van der Waals surface area contributed by atoms with Crippen molar-refractivity contribution in [2.75, 3.05) is 13.2 Å². The lowest BCUT2D eigenvalue weighted by Gasteiger charge is -2.27. The molecule has 8 nitrogen and oxygen atoms in total. The third-order valence-electron chi connectivity index (χ3n) is 5.35. The SMILES string of the molecule is CC(C)(NC(=O)OCC1c2ccccc2-c2ccccc21)C(=O)N[C@H](CCO)C(=O)O. The Morgan fingerprint density at radius 3 is 2.10 bits per heavy atom. The number of aliphatic carboxylic acids is 1. The molecule has 0 radical (unpaired) electrons. The molecule has 4 N–H and O–H groups in total. The molecule has 2 aromatic rings. The van der Waals surface area contributed by atoms with E-state index in [0.717, 1.165) is 22.3 Å². The smallest absolute Gasteiger partial charge is 0.408 e. The van der Waals surface area contributed by atoms with Crippen LogP contribution in [0.3, 0.4) is 0 Å².